The Hall–Kier alpha value is -2.23. The lowest BCUT2D eigenvalue weighted by molar-refractivity contribution is 0.0519. The normalized spacial score (nSPS) is 10.1. The lowest BCUT2D eigenvalue weighted by atomic mass is 10.2. The maximum absolute atomic E-state index is 11.6. The van der Waals surface area contributed by atoms with Crippen molar-refractivity contribution in [3.05, 3.63) is 47.8 Å². The first-order chi connectivity index (χ1) is 8.70. The predicted molar refractivity (Wildman–Crippen MR) is 68.2 cm³/mol. The summed E-state index contributed by atoms with van der Waals surface area (Å²) in [6.45, 7) is 4.02. The molecule has 4 heteroatoms. The topological polar surface area (TPSA) is 52.1 Å². The zero-order valence-corrected chi connectivity index (χ0v) is 10.4. The fourth-order valence-electron chi connectivity index (χ4n) is 1.58. The van der Waals surface area contributed by atoms with Gasteiger partial charge in [-0.15, -0.1) is 0 Å². The van der Waals surface area contributed by atoms with Crippen LogP contribution in [0.5, 0.6) is 0 Å². The standard InChI is InChI=1S/C14H14N2O2/c1-3-18-14(17)13-9-5-8-12(16-13)11-7-4-6-10(2)15-11/h4-9H,3H2,1-2H3. The molecule has 0 aromatic carbocycles. The maximum atomic E-state index is 11.6. The van der Waals surface area contributed by atoms with E-state index in [1.807, 2.05) is 31.2 Å². The lowest BCUT2D eigenvalue weighted by Crippen LogP contribution is -2.07. The summed E-state index contributed by atoms with van der Waals surface area (Å²) >= 11 is 0. The van der Waals surface area contributed by atoms with Gasteiger partial charge in [0, 0.05) is 5.69 Å². The number of carbonyl (C=O) groups excluding carboxylic acids is 1. The average Bonchev–Trinajstić information content (AvgIpc) is 2.39. The molecule has 0 radical (unpaired) electrons. The summed E-state index contributed by atoms with van der Waals surface area (Å²) in [6, 6.07) is 10.9. The zero-order valence-electron chi connectivity index (χ0n) is 10.4. The van der Waals surface area contributed by atoms with Gasteiger partial charge in [0.1, 0.15) is 5.69 Å². The van der Waals surface area contributed by atoms with Crippen molar-refractivity contribution in [2.45, 2.75) is 13.8 Å². The summed E-state index contributed by atoms with van der Waals surface area (Å²) in [6.07, 6.45) is 0. The second-order valence-electron chi connectivity index (χ2n) is 3.79. The van der Waals surface area contributed by atoms with E-state index in [9.17, 15) is 4.79 Å². The summed E-state index contributed by atoms with van der Waals surface area (Å²) in [5, 5.41) is 0. The summed E-state index contributed by atoms with van der Waals surface area (Å²) in [4.78, 5) is 20.2. The Labute approximate surface area is 106 Å². The van der Waals surface area contributed by atoms with Gasteiger partial charge in [-0.2, -0.15) is 0 Å². The fourth-order valence-corrected chi connectivity index (χ4v) is 1.58. The van der Waals surface area contributed by atoms with E-state index in [0.717, 1.165) is 11.4 Å². The van der Waals surface area contributed by atoms with Crippen molar-refractivity contribution in [1.29, 1.82) is 0 Å². The number of aromatic nitrogens is 2. The van der Waals surface area contributed by atoms with Gasteiger partial charge in [-0.1, -0.05) is 12.1 Å². The predicted octanol–water partition coefficient (Wildman–Crippen LogP) is 2.63. The molecule has 0 aliphatic carbocycles. The molecule has 18 heavy (non-hydrogen) atoms. The van der Waals surface area contributed by atoms with Gasteiger partial charge in [-0.3, -0.25) is 4.98 Å². The van der Waals surface area contributed by atoms with Gasteiger partial charge in [-0.25, -0.2) is 9.78 Å². The second-order valence-corrected chi connectivity index (χ2v) is 3.79. The van der Waals surface area contributed by atoms with Crippen molar-refractivity contribution in [3.8, 4) is 11.4 Å². The fraction of sp³-hybridized carbons (Fsp3) is 0.214. The first kappa shape index (κ1) is 12.2. The van der Waals surface area contributed by atoms with Crippen LogP contribution in [0.25, 0.3) is 11.4 Å². The number of nitrogens with zero attached hydrogens (tertiary/aromatic N) is 2. The van der Waals surface area contributed by atoms with Crippen LogP contribution in [0.3, 0.4) is 0 Å². The van der Waals surface area contributed by atoms with Gasteiger partial charge in [0.15, 0.2) is 0 Å². The Morgan fingerprint density at radius 2 is 1.78 bits per heavy atom. The van der Waals surface area contributed by atoms with Crippen LogP contribution in [-0.2, 0) is 4.74 Å². The van der Waals surface area contributed by atoms with Gasteiger partial charge in [0.2, 0.25) is 0 Å². The molecular formula is C14H14N2O2. The number of esters is 1. The monoisotopic (exact) mass is 242 g/mol. The van der Waals surface area contributed by atoms with Crippen LogP contribution in [0, 0.1) is 6.92 Å². The van der Waals surface area contributed by atoms with E-state index in [0.29, 0.717) is 18.0 Å². The number of pyridine rings is 2. The molecule has 0 N–H and O–H groups in total. The minimum atomic E-state index is -0.410. The molecule has 4 nitrogen and oxygen atoms in total. The van der Waals surface area contributed by atoms with Gasteiger partial charge >= 0.3 is 5.97 Å². The second kappa shape index (κ2) is 5.40. The Morgan fingerprint density at radius 1 is 1.11 bits per heavy atom. The first-order valence-electron chi connectivity index (χ1n) is 5.79. The van der Waals surface area contributed by atoms with Crippen LogP contribution in [0.2, 0.25) is 0 Å². The third-order valence-corrected chi connectivity index (χ3v) is 2.38. The van der Waals surface area contributed by atoms with E-state index in [2.05, 4.69) is 9.97 Å². The van der Waals surface area contributed by atoms with Gasteiger partial charge in [0.25, 0.3) is 0 Å². The smallest absolute Gasteiger partial charge is 0.356 e. The minimum Gasteiger partial charge on any atom is -0.461 e. The first-order valence-corrected chi connectivity index (χ1v) is 5.79. The molecule has 0 unspecified atom stereocenters. The molecule has 2 aromatic rings. The average molecular weight is 242 g/mol. The molecule has 2 heterocycles. The molecule has 0 saturated heterocycles. The van der Waals surface area contributed by atoms with E-state index in [1.54, 1.807) is 19.1 Å². The van der Waals surface area contributed by atoms with Crippen molar-refractivity contribution in [2.75, 3.05) is 6.61 Å². The molecule has 0 bridgehead atoms. The molecule has 0 saturated carbocycles. The van der Waals surface area contributed by atoms with E-state index >= 15 is 0 Å². The molecule has 92 valence electrons. The van der Waals surface area contributed by atoms with Crippen molar-refractivity contribution >= 4 is 5.97 Å². The van der Waals surface area contributed by atoms with Crippen LogP contribution in [0.15, 0.2) is 36.4 Å². The van der Waals surface area contributed by atoms with Crippen molar-refractivity contribution in [3.63, 3.8) is 0 Å². The molecule has 0 spiro atoms. The molecule has 2 aromatic heterocycles. The van der Waals surface area contributed by atoms with Crippen LogP contribution < -0.4 is 0 Å². The molecular weight excluding hydrogens is 228 g/mol. The third-order valence-electron chi connectivity index (χ3n) is 2.38. The SMILES string of the molecule is CCOC(=O)c1cccc(-c2cccc(C)n2)n1. The zero-order chi connectivity index (χ0) is 13.0. The molecule has 2 rings (SSSR count). The number of carbonyl (C=O) groups is 1. The van der Waals surface area contributed by atoms with Crippen LogP contribution in [0.4, 0.5) is 0 Å². The third kappa shape index (κ3) is 2.71. The number of aryl methyl sites for hydroxylation is 1. The molecule has 0 amide bonds. The van der Waals surface area contributed by atoms with Crippen molar-refractivity contribution in [2.24, 2.45) is 0 Å². The number of ether oxygens (including phenoxy) is 1. The molecule has 0 atom stereocenters. The van der Waals surface area contributed by atoms with Crippen LogP contribution in [-0.4, -0.2) is 22.5 Å². The van der Waals surface area contributed by atoms with Crippen molar-refractivity contribution < 1.29 is 9.53 Å². The van der Waals surface area contributed by atoms with Gasteiger partial charge in [0.05, 0.1) is 18.0 Å². The van der Waals surface area contributed by atoms with Gasteiger partial charge in [-0.05, 0) is 38.1 Å². The Morgan fingerprint density at radius 3 is 2.44 bits per heavy atom. The van der Waals surface area contributed by atoms with Crippen molar-refractivity contribution in [1.82, 2.24) is 9.97 Å². The highest BCUT2D eigenvalue weighted by molar-refractivity contribution is 5.87. The number of rotatable bonds is 3. The largest absolute Gasteiger partial charge is 0.461 e. The summed E-state index contributed by atoms with van der Waals surface area (Å²) < 4.78 is 4.92. The van der Waals surface area contributed by atoms with E-state index in [-0.39, 0.29) is 0 Å². The van der Waals surface area contributed by atoms with Crippen LogP contribution >= 0.6 is 0 Å². The number of hydrogen-bond donors (Lipinski definition) is 0. The number of hydrogen-bond acceptors (Lipinski definition) is 4. The molecule has 0 aliphatic rings. The summed E-state index contributed by atoms with van der Waals surface area (Å²) in [7, 11) is 0. The highest BCUT2D eigenvalue weighted by atomic mass is 16.5. The Bertz CT molecular complexity index is 567. The van der Waals surface area contributed by atoms with E-state index in [4.69, 9.17) is 4.74 Å². The maximum Gasteiger partial charge on any atom is 0.356 e. The Kier molecular flexibility index (Phi) is 3.67. The summed E-state index contributed by atoms with van der Waals surface area (Å²) in [5.74, 6) is -0.410. The van der Waals surface area contributed by atoms with E-state index in [1.165, 1.54) is 0 Å². The highest BCUT2D eigenvalue weighted by Gasteiger charge is 2.09. The lowest BCUT2D eigenvalue weighted by Gasteiger charge is -2.04. The Balaban J connectivity index is 2.35. The van der Waals surface area contributed by atoms with Crippen LogP contribution in [0.1, 0.15) is 23.1 Å². The molecule has 0 aliphatic heterocycles. The van der Waals surface area contributed by atoms with E-state index < -0.39 is 5.97 Å². The highest BCUT2D eigenvalue weighted by Crippen LogP contribution is 2.15. The quantitative estimate of drug-likeness (QED) is 0.776. The summed E-state index contributed by atoms with van der Waals surface area (Å²) in [5.41, 5.74) is 2.64. The molecule has 0 fully saturated rings. The minimum absolute atomic E-state index is 0.303. The van der Waals surface area contributed by atoms with Gasteiger partial charge < -0.3 is 4.74 Å².